The minimum Gasteiger partial charge on any atom is -0.474 e. The molecule has 2 aromatic heterocycles. The van der Waals surface area contributed by atoms with Crippen LogP contribution in [0.1, 0.15) is 29.9 Å². The van der Waals surface area contributed by atoms with Crippen molar-refractivity contribution in [3.8, 4) is 11.9 Å². The van der Waals surface area contributed by atoms with E-state index in [1.807, 2.05) is 20.8 Å². The largest absolute Gasteiger partial charge is 0.474 e. The number of nitrogens with one attached hydrogen (secondary N) is 1. The molecule has 0 aliphatic carbocycles. The normalized spacial score (nSPS) is 10.4. The van der Waals surface area contributed by atoms with Crippen LogP contribution in [0.15, 0.2) is 22.5 Å². The molecule has 2 heterocycles. The predicted molar refractivity (Wildman–Crippen MR) is 91.1 cm³/mol. The van der Waals surface area contributed by atoms with Crippen molar-refractivity contribution < 1.29 is 9.53 Å². The molecular weight excluding hydrogens is 332 g/mol. The fourth-order valence-electron chi connectivity index (χ4n) is 1.71. The molecule has 0 saturated heterocycles. The standard InChI is InChI=1S/C15H16N4O2S2/c1-9(2)21-13-11(5-4-7-17-13)12(20)19-15-18-10(3)14(23-15)22-8-6-16/h4-5,7,9H,8H2,1-3H3,(H,18,19,20). The molecule has 0 radical (unpaired) electrons. The van der Waals surface area contributed by atoms with Gasteiger partial charge in [-0.1, -0.05) is 23.1 Å². The second-order valence-corrected chi connectivity index (χ2v) is 7.06. The molecule has 0 saturated carbocycles. The maximum Gasteiger partial charge on any atom is 0.262 e. The third-order valence-corrected chi connectivity index (χ3v) is 4.91. The molecule has 0 aromatic carbocycles. The lowest BCUT2D eigenvalue weighted by molar-refractivity contribution is 0.102. The fourth-order valence-corrected chi connectivity index (χ4v) is 3.51. The highest BCUT2D eigenvalue weighted by Gasteiger charge is 2.17. The Kier molecular flexibility index (Phi) is 5.96. The first kappa shape index (κ1) is 17.2. The number of aryl methyl sites for hydroxylation is 1. The summed E-state index contributed by atoms with van der Waals surface area (Å²) in [6.45, 7) is 5.60. The van der Waals surface area contributed by atoms with Gasteiger partial charge in [-0.15, -0.1) is 0 Å². The zero-order chi connectivity index (χ0) is 16.8. The zero-order valence-electron chi connectivity index (χ0n) is 13.0. The van der Waals surface area contributed by atoms with Crippen molar-refractivity contribution in [2.24, 2.45) is 0 Å². The van der Waals surface area contributed by atoms with E-state index in [-0.39, 0.29) is 12.0 Å². The second kappa shape index (κ2) is 7.94. The predicted octanol–water partition coefficient (Wildman–Crippen LogP) is 3.50. The molecule has 23 heavy (non-hydrogen) atoms. The Hall–Kier alpha value is -2.11. The molecule has 2 aromatic rings. The molecule has 0 fully saturated rings. The van der Waals surface area contributed by atoms with E-state index in [4.69, 9.17) is 10.00 Å². The number of thiazole rings is 1. The molecule has 0 atom stereocenters. The summed E-state index contributed by atoms with van der Waals surface area (Å²) in [6.07, 6.45) is 1.51. The molecule has 0 spiro atoms. The fraction of sp³-hybridized carbons (Fsp3) is 0.333. The van der Waals surface area contributed by atoms with E-state index in [0.29, 0.717) is 22.3 Å². The molecule has 2 rings (SSSR count). The third-order valence-electron chi connectivity index (χ3n) is 2.61. The van der Waals surface area contributed by atoms with Crippen molar-refractivity contribution in [2.45, 2.75) is 31.1 Å². The van der Waals surface area contributed by atoms with Crippen LogP contribution in [-0.2, 0) is 0 Å². The van der Waals surface area contributed by atoms with Crippen LogP contribution in [0.25, 0.3) is 0 Å². The van der Waals surface area contributed by atoms with Gasteiger partial charge in [0.25, 0.3) is 5.91 Å². The minimum absolute atomic E-state index is 0.0764. The average molecular weight is 348 g/mol. The number of hydrogen-bond acceptors (Lipinski definition) is 7. The summed E-state index contributed by atoms with van der Waals surface area (Å²) in [6, 6.07) is 5.42. The summed E-state index contributed by atoms with van der Waals surface area (Å²) < 4.78 is 6.48. The van der Waals surface area contributed by atoms with Crippen molar-refractivity contribution in [1.29, 1.82) is 5.26 Å². The molecule has 0 aliphatic rings. The molecule has 0 bridgehead atoms. The first-order valence-electron chi connectivity index (χ1n) is 6.91. The Morgan fingerprint density at radius 2 is 2.35 bits per heavy atom. The number of pyridine rings is 1. The molecule has 0 unspecified atom stereocenters. The summed E-state index contributed by atoms with van der Waals surface area (Å²) in [5.74, 6) is 0.331. The molecule has 0 aliphatic heterocycles. The summed E-state index contributed by atoms with van der Waals surface area (Å²) >= 11 is 2.76. The van der Waals surface area contributed by atoms with Gasteiger partial charge in [0, 0.05) is 6.20 Å². The quantitative estimate of drug-likeness (QED) is 0.804. The number of amides is 1. The van der Waals surface area contributed by atoms with Crippen molar-refractivity contribution in [3.05, 3.63) is 29.6 Å². The number of hydrogen-bond donors (Lipinski definition) is 1. The molecule has 8 heteroatoms. The van der Waals surface area contributed by atoms with Gasteiger partial charge in [0.05, 0.1) is 27.8 Å². The van der Waals surface area contributed by atoms with E-state index >= 15 is 0 Å². The molecule has 120 valence electrons. The number of nitriles is 1. The van der Waals surface area contributed by atoms with E-state index in [1.165, 1.54) is 23.1 Å². The monoisotopic (exact) mass is 348 g/mol. The summed E-state index contributed by atoms with van der Waals surface area (Å²) in [7, 11) is 0. The third kappa shape index (κ3) is 4.68. The van der Waals surface area contributed by atoms with Crippen LogP contribution < -0.4 is 10.1 Å². The number of carbonyl (C=O) groups is 1. The van der Waals surface area contributed by atoms with Gasteiger partial charge in [-0.2, -0.15) is 5.26 Å². The van der Waals surface area contributed by atoms with Crippen LogP contribution >= 0.6 is 23.1 Å². The number of thioether (sulfide) groups is 1. The van der Waals surface area contributed by atoms with Crippen LogP contribution in [-0.4, -0.2) is 27.7 Å². The van der Waals surface area contributed by atoms with Crippen molar-refractivity contribution in [2.75, 3.05) is 11.1 Å². The van der Waals surface area contributed by atoms with E-state index in [0.717, 1.165) is 9.90 Å². The minimum atomic E-state index is -0.320. The molecule has 1 amide bonds. The molecule has 1 N–H and O–H groups in total. The summed E-state index contributed by atoms with van der Waals surface area (Å²) in [4.78, 5) is 20.8. The second-order valence-electron chi connectivity index (χ2n) is 4.82. The van der Waals surface area contributed by atoms with Gasteiger partial charge in [0.15, 0.2) is 5.13 Å². The van der Waals surface area contributed by atoms with E-state index in [2.05, 4.69) is 21.4 Å². The Bertz CT molecular complexity index is 737. The summed E-state index contributed by atoms with van der Waals surface area (Å²) in [5, 5.41) is 11.9. The number of aromatic nitrogens is 2. The Balaban J connectivity index is 2.15. The van der Waals surface area contributed by atoms with Gasteiger partial charge < -0.3 is 4.74 Å². The Morgan fingerprint density at radius 3 is 3.04 bits per heavy atom. The van der Waals surface area contributed by atoms with Gasteiger partial charge in [0.2, 0.25) is 5.88 Å². The van der Waals surface area contributed by atoms with Crippen molar-refractivity contribution >= 4 is 34.1 Å². The van der Waals surface area contributed by atoms with Gasteiger partial charge >= 0.3 is 0 Å². The topological polar surface area (TPSA) is 87.9 Å². The first-order valence-corrected chi connectivity index (χ1v) is 8.71. The number of carbonyl (C=O) groups excluding carboxylic acids is 1. The van der Waals surface area contributed by atoms with Crippen LogP contribution in [0.3, 0.4) is 0 Å². The van der Waals surface area contributed by atoms with Crippen LogP contribution in [0.4, 0.5) is 5.13 Å². The van der Waals surface area contributed by atoms with Gasteiger partial charge in [-0.05, 0) is 32.9 Å². The number of rotatable bonds is 6. The van der Waals surface area contributed by atoms with E-state index in [9.17, 15) is 4.79 Å². The zero-order valence-corrected chi connectivity index (χ0v) is 14.6. The van der Waals surface area contributed by atoms with Gasteiger partial charge in [-0.3, -0.25) is 10.1 Å². The van der Waals surface area contributed by atoms with Crippen LogP contribution in [0.5, 0.6) is 5.88 Å². The lowest BCUT2D eigenvalue weighted by atomic mass is 10.2. The van der Waals surface area contributed by atoms with Gasteiger partial charge in [-0.25, -0.2) is 9.97 Å². The Labute approximate surface area is 142 Å². The maximum atomic E-state index is 12.4. The highest BCUT2D eigenvalue weighted by Crippen LogP contribution is 2.32. The van der Waals surface area contributed by atoms with Gasteiger partial charge in [0.1, 0.15) is 5.56 Å². The van der Waals surface area contributed by atoms with E-state index in [1.54, 1.807) is 18.3 Å². The first-order chi connectivity index (χ1) is 11.0. The number of ether oxygens (including phenoxy) is 1. The molecular formula is C15H16N4O2S2. The lowest BCUT2D eigenvalue weighted by Gasteiger charge is -2.11. The van der Waals surface area contributed by atoms with Crippen molar-refractivity contribution in [1.82, 2.24) is 9.97 Å². The Morgan fingerprint density at radius 1 is 1.57 bits per heavy atom. The highest BCUT2D eigenvalue weighted by atomic mass is 32.2. The lowest BCUT2D eigenvalue weighted by Crippen LogP contribution is -2.16. The van der Waals surface area contributed by atoms with Crippen LogP contribution in [0.2, 0.25) is 0 Å². The van der Waals surface area contributed by atoms with E-state index < -0.39 is 0 Å². The number of anilines is 1. The highest BCUT2D eigenvalue weighted by molar-refractivity contribution is 8.01. The summed E-state index contributed by atoms with van der Waals surface area (Å²) in [5.41, 5.74) is 1.16. The average Bonchev–Trinajstić information content (AvgIpc) is 2.84. The van der Waals surface area contributed by atoms with Crippen LogP contribution in [0, 0.1) is 18.3 Å². The van der Waals surface area contributed by atoms with Crippen molar-refractivity contribution in [3.63, 3.8) is 0 Å². The SMILES string of the molecule is Cc1nc(NC(=O)c2cccnc2OC(C)C)sc1SCC#N. The number of nitrogens with zero attached hydrogens (tertiary/aromatic N) is 3. The smallest absolute Gasteiger partial charge is 0.262 e. The maximum absolute atomic E-state index is 12.4. The molecule has 6 nitrogen and oxygen atoms in total.